The first kappa shape index (κ1) is 9.88. The van der Waals surface area contributed by atoms with E-state index in [1.165, 1.54) is 0 Å². The van der Waals surface area contributed by atoms with Crippen molar-refractivity contribution in [2.45, 2.75) is 0 Å². The molecule has 0 fully saturated rings. The summed E-state index contributed by atoms with van der Waals surface area (Å²) in [5, 5.41) is 9.01. The molecule has 0 bridgehead atoms. The maximum absolute atomic E-state index is 9.01. The van der Waals surface area contributed by atoms with Crippen LogP contribution in [0.15, 0.2) is 47.2 Å². The molecule has 0 aliphatic heterocycles. The van der Waals surface area contributed by atoms with Gasteiger partial charge < -0.3 is 0 Å². The van der Waals surface area contributed by atoms with Gasteiger partial charge in [0.05, 0.1) is 11.6 Å². The van der Waals surface area contributed by atoms with Crippen LogP contribution in [-0.2, 0) is 0 Å². The van der Waals surface area contributed by atoms with Crippen LogP contribution in [0.3, 0.4) is 0 Å². The van der Waals surface area contributed by atoms with E-state index in [0.29, 0.717) is 5.56 Å². The van der Waals surface area contributed by atoms with Crippen molar-refractivity contribution in [2.75, 3.05) is 0 Å². The van der Waals surface area contributed by atoms with E-state index < -0.39 is 0 Å². The Labute approximate surface area is 96.3 Å². The second-order valence-electron chi connectivity index (χ2n) is 3.04. The average molecular weight is 259 g/mol. The molecule has 2 nitrogen and oxygen atoms in total. The van der Waals surface area contributed by atoms with E-state index in [-0.39, 0.29) is 0 Å². The minimum Gasteiger partial charge on any atom is -0.264 e. The molecule has 0 aliphatic carbocycles. The zero-order valence-corrected chi connectivity index (χ0v) is 9.40. The van der Waals surface area contributed by atoms with Crippen LogP contribution in [0.5, 0.6) is 0 Å². The topological polar surface area (TPSA) is 36.7 Å². The SMILES string of the molecule is N#Cc1cc(Br)ccc1-c1cccnc1. The Morgan fingerprint density at radius 3 is 2.80 bits per heavy atom. The molecule has 0 saturated carbocycles. The summed E-state index contributed by atoms with van der Waals surface area (Å²) < 4.78 is 0.909. The van der Waals surface area contributed by atoms with Gasteiger partial charge in [0.1, 0.15) is 0 Å². The molecule has 0 aliphatic rings. The minimum atomic E-state index is 0.650. The summed E-state index contributed by atoms with van der Waals surface area (Å²) >= 11 is 3.34. The number of rotatable bonds is 1. The van der Waals surface area contributed by atoms with Crippen molar-refractivity contribution in [3.63, 3.8) is 0 Å². The van der Waals surface area contributed by atoms with Crippen LogP contribution in [0.4, 0.5) is 0 Å². The van der Waals surface area contributed by atoms with Crippen LogP contribution in [0.25, 0.3) is 11.1 Å². The van der Waals surface area contributed by atoms with Gasteiger partial charge in [-0.05, 0) is 18.2 Å². The van der Waals surface area contributed by atoms with E-state index in [0.717, 1.165) is 15.6 Å². The standard InChI is InChI=1S/C12H7BrN2/c13-11-3-4-12(10(6-11)7-14)9-2-1-5-15-8-9/h1-6,8H. The van der Waals surface area contributed by atoms with E-state index in [2.05, 4.69) is 27.0 Å². The second-order valence-corrected chi connectivity index (χ2v) is 3.96. The number of nitrogens with zero attached hydrogens (tertiary/aromatic N) is 2. The Morgan fingerprint density at radius 1 is 1.27 bits per heavy atom. The van der Waals surface area contributed by atoms with E-state index in [1.807, 2.05) is 30.3 Å². The molecule has 3 heteroatoms. The first-order valence-corrected chi connectivity index (χ1v) is 5.20. The Bertz CT molecular complexity index is 515. The zero-order valence-electron chi connectivity index (χ0n) is 7.81. The lowest BCUT2D eigenvalue weighted by atomic mass is 10.0. The Balaban J connectivity index is 2.60. The van der Waals surface area contributed by atoms with Crippen molar-refractivity contribution < 1.29 is 0 Å². The van der Waals surface area contributed by atoms with Gasteiger partial charge in [0.2, 0.25) is 0 Å². The number of benzene rings is 1. The molecule has 0 saturated heterocycles. The fourth-order valence-electron chi connectivity index (χ4n) is 1.38. The van der Waals surface area contributed by atoms with Crippen molar-refractivity contribution >= 4 is 15.9 Å². The normalized spacial score (nSPS) is 9.60. The van der Waals surface area contributed by atoms with Gasteiger partial charge in [0, 0.05) is 28.0 Å². The predicted octanol–water partition coefficient (Wildman–Crippen LogP) is 3.38. The average Bonchev–Trinajstić information content (AvgIpc) is 2.30. The highest BCUT2D eigenvalue weighted by Crippen LogP contribution is 2.25. The largest absolute Gasteiger partial charge is 0.264 e. The molecular weight excluding hydrogens is 252 g/mol. The number of halogens is 1. The van der Waals surface area contributed by atoms with Gasteiger partial charge in [-0.1, -0.05) is 28.1 Å². The molecule has 0 atom stereocenters. The van der Waals surface area contributed by atoms with Gasteiger partial charge in [-0.3, -0.25) is 4.98 Å². The first-order chi connectivity index (χ1) is 7.31. The van der Waals surface area contributed by atoms with Crippen molar-refractivity contribution in [3.05, 3.63) is 52.8 Å². The molecule has 2 rings (SSSR count). The van der Waals surface area contributed by atoms with Crippen LogP contribution >= 0.6 is 15.9 Å². The smallest absolute Gasteiger partial charge is 0.0998 e. The highest BCUT2D eigenvalue weighted by atomic mass is 79.9. The third kappa shape index (κ3) is 2.05. The van der Waals surface area contributed by atoms with Gasteiger partial charge in [0.15, 0.2) is 0 Å². The van der Waals surface area contributed by atoms with Crippen molar-refractivity contribution in [3.8, 4) is 17.2 Å². The van der Waals surface area contributed by atoms with E-state index in [4.69, 9.17) is 5.26 Å². The first-order valence-electron chi connectivity index (χ1n) is 4.41. The lowest BCUT2D eigenvalue weighted by molar-refractivity contribution is 1.32. The molecule has 1 heterocycles. The van der Waals surface area contributed by atoms with Crippen molar-refractivity contribution in [2.24, 2.45) is 0 Å². The summed E-state index contributed by atoms with van der Waals surface area (Å²) in [6.07, 6.45) is 3.47. The van der Waals surface area contributed by atoms with Crippen LogP contribution in [0.1, 0.15) is 5.56 Å². The van der Waals surface area contributed by atoms with Gasteiger partial charge in [-0.15, -0.1) is 0 Å². The van der Waals surface area contributed by atoms with Crippen LogP contribution in [0, 0.1) is 11.3 Å². The van der Waals surface area contributed by atoms with Crippen LogP contribution in [0.2, 0.25) is 0 Å². The monoisotopic (exact) mass is 258 g/mol. The molecule has 72 valence electrons. The number of nitriles is 1. The van der Waals surface area contributed by atoms with E-state index in [9.17, 15) is 0 Å². The molecule has 0 N–H and O–H groups in total. The predicted molar refractivity (Wildman–Crippen MR) is 62.1 cm³/mol. The summed E-state index contributed by atoms with van der Waals surface area (Å²) in [7, 11) is 0. The summed E-state index contributed by atoms with van der Waals surface area (Å²) in [6.45, 7) is 0. The lowest BCUT2D eigenvalue weighted by Gasteiger charge is -2.03. The lowest BCUT2D eigenvalue weighted by Crippen LogP contribution is -1.84. The van der Waals surface area contributed by atoms with Crippen LogP contribution < -0.4 is 0 Å². The number of hydrogen-bond acceptors (Lipinski definition) is 2. The van der Waals surface area contributed by atoms with Crippen molar-refractivity contribution in [1.29, 1.82) is 5.26 Å². The summed E-state index contributed by atoms with van der Waals surface area (Å²) in [6, 6.07) is 11.6. The Morgan fingerprint density at radius 2 is 2.13 bits per heavy atom. The molecule has 1 aromatic carbocycles. The molecule has 0 amide bonds. The van der Waals surface area contributed by atoms with Crippen molar-refractivity contribution in [1.82, 2.24) is 4.98 Å². The molecule has 1 aromatic heterocycles. The molecule has 0 radical (unpaired) electrons. The third-order valence-corrected chi connectivity index (χ3v) is 2.57. The molecule has 15 heavy (non-hydrogen) atoms. The fraction of sp³-hybridized carbons (Fsp3) is 0. The Kier molecular flexibility index (Phi) is 2.79. The number of aromatic nitrogens is 1. The van der Waals surface area contributed by atoms with Gasteiger partial charge >= 0.3 is 0 Å². The second kappa shape index (κ2) is 4.24. The maximum Gasteiger partial charge on any atom is 0.0998 e. The highest BCUT2D eigenvalue weighted by Gasteiger charge is 2.04. The van der Waals surface area contributed by atoms with Gasteiger partial charge in [-0.2, -0.15) is 5.26 Å². The summed E-state index contributed by atoms with van der Waals surface area (Å²) in [5.74, 6) is 0. The Hall–Kier alpha value is -1.66. The van der Waals surface area contributed by atoms with Gasteiger partial charge in [0.25, 0.3) is 0 Å². The fourth-order valence-corrected chi connectivity index (χ4v) is 1.74. The van der Waals surface area contributed by atoms with E-state index >= 15 is 0 Å². The number of hydrogen-bond donors (Lipinski definition) is 0. The maximum atomic E-state index is 9.01. The molecule has 0 spiro atoms. The minimum absolute atomic E-state index is 0.650. The molecule has 0 unspecified atom stereocenters. The molecular formula is C12H7BrN2. The summed E-state index contributed by atoms with van der Waals surface area (Å²) in [4.78, 5) is 4.04. The highest BCUT2D eigenvalue weighted by molar-refractivity contribution is 9.10. The van der Waals surface area contributed by atoms with Crippen LogP contribution in [-0.4, -0.2) is 4.98 Å². The van der Waals surface area contributed by atoms with E-state index in [1.54, 1.807) is 12.4 Å². The van der Waals surface area contributed by atoms with Gasteiger partial charge in [-0.25, -0.2) is 0 Å². The third-order valence-electron chi connectivity index (χ3n) is 2.07. The number of pyridine rings is 1. The summed E-state index contributed by atoms with van der Waals surface area (Å²) in [5.41, 5.74) is 2.52. The quantitative estimate of drug-likeness (QED) is 0.787. The molecule has 2 aromatic rings. The zero-order chi connectivity index (χ0) is 10.7.